The highest BCUT2D eigenvalue weighted by Crippen LogP contribution is 2.22. The molecule has 1 heterocycles. The highest BCUT2D eigenvalue weighted by atomic mass is 16.4. The van der Waals surface area contributed by atoms with E-state index in [0.29, 0.717) is 12.2 Å². The topological polar surface area (TPSA) is 68.2 Å². The van der Waals surface area contributed by atoms with Crippen LogP contribution < -0.4 is 5.73 Å². The van der Waals surface area contributed by atoms with Crippen LogP contribution in [0, 0.1) is 0 Å². The number of carboxylic acids is 1. The number of carbonyl (C=O) groups is 1. The van der Waals surface area contributed by atoms with Gasteiger partial charge >= 0.3 is 5.97 Å². The van der Waals surface area contributed by atoms with E-state index < -0.39 is 5.97 Å². The minimum atomic E-state index is -0.948. The molecular weight excluding hydrogens is 204 g/mol. The first kappa shape index (κ1) is 10.3. The van der Waals surface area contributed by atoms with Crippen LogP contribution >= 0.6 is 0 Å². The van der Waals surface area contributed by atoms with E-state index in [0.717, 1.165) is 10.9 Å². The summed E-state index contributed by atoms with van der Waals surface area (Å²) in [7, 11) is 0. The third-order valence-electron chi connectivity index (χ3n) is 2.46. The summed E-state index contributed by atoms with van der Waals surface area (Å²) in [5.74, 6) is -0.948. The maximum atomic E-state index is 11.1. The van der Waals surface area contributed by atoms with E-state index in [1.807, 2.05) is 6.07 Å². The van der Waals surface area contributed by atoms with Gasteiger partial charge in [0, 0.05) is 23.1 Å². The molecule has 2 rings (SSSR count). The first-order chi connectivity index (χ1) is 7.63. The summed E-state index contributed by atoms with van der Waals surface area (Å²) >= 11 is 0. The van der Waals surface area contributed by atoms with Crippen LogP contribution in [-0.2, 0) is 6.54 Å². The van der Waals surface area contributed by atoms with Crippen LogP contribution in [0.4, 0.5) is 5.69 Å². The first-order valence-corrected chi connectivity index (χ1v) is 4.86. The summed E-state index contributed by atoms with van der Waals surface area (Å²) in [6, 6.07) is 6.97. The van der Waals surface area contributed by atoms with Crippen molar-refractivity contribution in [1.82, 2.24) is 4.57 Å². The number of allylic oxidation sites excluding steroid dienone is 1. The molecule has 0 fully saturated rings. The molecule has 1 aromatic heterocycles. The van der Waals surface area contributed by atoms with Crippen LogP contribution in [0.15, 0.2) is 36.9 Å². The number of rotatable bonds is 3. The van der Waals surface area contributed by atoms with E-state index in [4.69, 9.17) is 10.8 Å². The van der Waals surface area contributed by atoms with Crippen LogP contribution in [-0.4, -0.2) is 15.6 Å². The highest BCUT2D eigenvalue weighted by Gasteiger charge is 2.13. The Morgan fingerprint density at radius 3 is 2.88 bits per heavy atom. The van der Waals surface area contributed by atoms with E-state index in [1.165, 1.54) is 0 Å². The molecule has 0 saturated heterocycles. The molecule has 0 aliphatic rings. The van der Waals surface area contributed by atoms with Crippen LogP contribution in [0.5, 0.6) is 0 Å². The van der Waals surface area contributed by atoms with Gasteiger partial charge in [0.25, 0.3) is 0 Å². The van der Waals surface area contributed by atoms with E-state index in [-0.39, 0.29) is 5.69 Å². The lowest BCUT2D eigenvalue weighted by Crippen LogP contribution is -2.06. The Morgan fingerprint density at radius 2 is 2.25 bits per heavy atom. The number of nitrogens with two attached hydrogens (primary N) is 1. The molecule has 0 saturated carbocycles. The van der Waals surface area contributed by atoms with Gasteiger partial charge in [-0.05, 0) is 24.3 Å². The van der Waals surface area contributed by atoms with Crippen LogP contribution in [0.25, 0.3) is 10.9 Å². The number of anilines is 1. The summed E-state index contributed by atoms with van der Waals surface area (Å²) in [6.07, 6.45) is 1.67. The number of hydrogen-bond donors (Lipinski definition) is 2. The number of aromatic carboxylic acids is 1. The molecule has 3 N–H and O–H groups in total. The zero-order chi connectivity index (χ0) is 11.7. The zero-order valence-corrected chi connectivity index (χ0v) is 8.68. The van der Waals surface area contributed by atoms with Crippen molar-refractivity contribution >= 4 is 22.6 Å². The molecule has 0 amide bonds. The molecule has 0 bridgehead atoms. The molecule has 0 unspecified atom stereocenters. The summed E-state index contributed by atoms with van der Waals surface area (Å²) in [5, 5.41) is 9.91. The van der Waals surface area contributed by atoms with Gasteiger partial charge in [-0.1, -0.05) is 6.08 Å². The number of carboxylic acid groups (broad SMARTS) is 1. The summed E-state index contributed by atoms with van der Waals surface area (Å²) in [4.78, 5) is 11.1. The van der Waals surface area contributed by atoms with Crippen molar-refractivity contribution in [3.63, 3.8) is 0 Å². The molecule has 0 atom stereocenters. The number of hydrogen-bond acceptors (Lipinski definition) is 2. The zero-order valence-electron chi connectivity index (χ0n) is 8.68. The highest BCUT2D eigenvalue weighted by molar-refractivity contribution is 5.95. The molecule has 16 heavy (non-hydrogen) atoms. The number of benzene rings is 1. The van der Waals surface area contributed by atoms with E-state index in [1.54, 1.807) is 28.8 Å². The predicted octanol–water partition coefficient (Wildman–Crippen LogP) is 2.11. The summed E-state index contributed by atoms with van der Waals surface area (Å²) < 4.78 is 1.70. The van der Waals surface area contributed by atoms with Gasteiger partial charge in [0.05, 0.1) is 0 Å². The molecule has 0 aliphatic carbocycles. The SMILES string of the molecule is C=CCn1c(C(=O)O)cc2cc(N)ccc21. The Balaban J connectivity index is 2.74. The van der Waals surface area contributed by atoms with Gasteiger partial charge in [-0.25, -0.2) is 4.79 Å². The van der Waals surface area contributed by atoms with Gasteiger partial charge in [-0.15, -0.1) is 6.58 Å². The lowest BCUT2D eigenvalue weighted by atomic mass is 10.2. The van der Waals surface area contributed by atoms with Crippen molar-refractivity contribution in [2.24, 2.45) is 0 Å². The second kappa shape index (κ2) is 3.73. The van der Waals surface area contributed by atoms with Gasteiger partial charge in [0.15, 0.2) is 0 Å². The molecule has 1 aromatic carbocycles. The van der Waals surface area contributed by atoms with Gasteiger partial charge in [0.2, 0.25) is 0 Å². The molecule has 82 valence electrons. The molecule has 2 aromatic rings. The van der Waals surface area contributed by atoms with Gasteiger partial charge in [-0.2, -0.15) is 0 Å². The monoisotopic (exact) mass is 216 g/mol. The van der Waals surface area contributed by atoms with Crippen LogP contribution in [0.1, 0.15) is 10.5 Å². The maximum Gasteiger partial charge on any atom is 0.352 e. The van der Waals surface area contributed by atoms with Gasteiger partial charge in [0.1, 0.15) is 5.69 Å². The average molecular weight is 216 g/mol. The summed E-state index contributed by atoms with van der Waals surface area (Å²) in [5.41, 5.74) is 7.39. The van der Waals surface area contributed by atoms with Crippen molar-refractivity contribution in [3.05, 3.63) is 42.6 Å². The Kier molecular flexibility index (Phi) is 2.40. The van der Waals surface area contributed by atoms with Crippen LogP contribution in [0.2, 0.25) is 0 Å². The van der Waals surface area contributed by atoms with Crippen molar-refractivity contribution in [2.75, 3.05) is 5.73 Å². The molecule has 4 heteroatoms. The standard InChI is InChI=1S/C12H12N2O2/c1-2-5-14-10-4-3-9(13)6-8(10)7-11(14)12(15)16/h2-4,6-7H,1,5,13H2,(H,15,16). The molecule has 0 aliphatic heterocycles. The molecule has 0 radical (unpaired) electrons. The van der Waals surface area contributed by atoms with Crippen molar-refractivity contribution in [2.45, 2.75) is 6.54 Å². The predicted molar refractivity (Wildman–Crippen MR) is 63.5 cm³/mol. The fraction of sp³-hybridized carbons (Fsp3) is 0.0833. The van der Waals surface area contributed by atoms with Crippen molar-refractivity contribution in [3.8, 4) is 0 Å². The number of fused-ring (bicyclic) bond motifs is 1. The molecule has 4 nitrogen and oxygen atoms in total. The third kappa shape index (κ3) is 1.54. The minimum absolute atomic E-state index is 0.250. The third-order valence-corrected chi connectivity index (χ3v) is 2.46. The largest absolute Gasteiger partial charge is 0.477 e. The van der Waals surface area contributed by atoms with E-state index in [2.05, 4.69) is 6.58 Å². The quantitative estimate of drug-likeness (QED) is 0.609. The fourth-order valence-electron chi connectivity index (χ4n) is 1.79. The number of nitrogen functional groups attached to an aromatic ring is 1. The number of nitrogens with zero attached hydrogens (tertiary/aromatic N) is 1. The lowest BCUT2D eigenvalue weighted by molar-refractivity contribution is 0.0686. The van der Waals surface area contributed by atoms with Crippen molar-refractivity contribution < 1.29 is 9.90 Å². The Morgan fingerprint density at radius 1 is 1.50 bits per heavy atom. The lowest BCUT2D eigenvalue weighted by Gasteiger charge is -2.04. The van der Waals surface area contributed by atoms with Crippen molar-refractivity contribution in [1.29, 1.82) is 0 Å². The average Bonchev–Trinajstić information content (AvgIpc) is 2.57. The maximum absolute atomic E-state index is 11.1. The summed E-state index contributed by atoms with van der Waals surface area (Å²) in [6.45, 7) is 4.09. The molecular formula is C12H12N2O2. The Bertz CT molecular complexity index is 570. The van der Waals surface area contributed by atoms with Crippen LogP contribution in [0.3, 0.4) is 0 Å². The smallest absolute Gasteiger partial charge is 0.352 e. The number of aromatic nitrogens is 1. The Hall–Kier alpha value is -2.23. The van der Waals surface area contributed by atoms with E-state index >= 15 is 0 Å². The van der Waals surface area contributed by atoms with E-state index in [9.17, 15) is 4.79 Å². The normalized spacial score (nSPS) is 10.5. The second-order valence-corrected chi connectivity index (χ2v) is 3.55. The van der Waals surface area contributed by atoms with Gasteiger partial charge < -0.3 is 15.4 Å². The first-order valence-electron chi connectivity index (χ1n) is 4.86. The second-order valence-electron chi connectivity index (χ2n) is 3.55. The molecule has 0 spiro atoms. The minimum Gasteiger partial charge on any atom is -0.477 e. The Labute approximate surface area is 92.6 Å². The fourth-order valence-corrected chi connectivity index (χ4v) is 1.79. The van der Waals surface area contributed by atoms with Gasteiger partial charge in [-0.3, -0.25) is 0 Å².